The molecule has 0 N–H and O–H groups in total. The lowest BCUT2D eigenvalue weighted by Crippen LogP contribution is -2.35. The summed E-state index contributed by atoms with van der Waals surface area (Å²) < 4.78 is 11.0. The lowest BCUT2D eigenvalue weighted by atomic mass is 10.1. The topological polar surface area (TPSA) is 71.7 Å². The molecule has 0 atom stereocenters. The minimum Gasteiger partial charge on any atom is -0.497 e. The van der Waals surface area contributed by atoms with Crippen LogP contribution in [0, 0.1) is 6.92 Å². The average Bonchev–Trinajstić information content (AvgIpc) is 3.14. The SMILES string of the molecule is COc1ccc(N2CCCN(C(=O)CCc3nnc(-c4ccc(C)cc4)o3)CC2)cc1. The highest BCUT2D eigenvalue weighted by Gasteiger charge is 2.20. The highest BCUT2D eigenvalue weighted by Crippen LogP contribution is 2.21. The van der Waals surface area contributed by atoms with Crippen molar-refractivity contribution in [2.24, 2.45) is 0 Å². The van der Waals surface area contributed by atoms with E-state index in [0.29, 0.717) is 31.2 Å². The van der Waals surface area contributed by atoms with Crippen LogP contribution in [0.2, 0.25) is 0 Å². The summed E-state index contributed by atoms with van der Waals surface area (Å²) in [7, 11) is 1.67. The van der Waals surface area contributed by atoms with Crippen molar-refractivity contribution in [3.05, 3.63) is 60.0 Å². The van der Waals surface area contributed by atoms with Gasteiger partial charge in [-0.3, -0.25) is 4.79 Å². The quantitative estimate of drug-likeness (QED) is 0.605. The van der Waals surface area contributed by atoms with Gasteiger partial charge in [-0.2, -0.15) is 0 Å². The van der Waals surface area contributed by atoms with Gasteiger partial charge in [0.05, 0.1) is 7.11 Å². The fourth-order valence-corrected chi connectivity index (χ4v) is 3.76. The van der Waals surface area contributed by atoms with E-state index in [-0.39, 0.29) is 5.91 Å². The van der Waals surface area contributed by atoms with Crippen molar-refractivity contribution in [1.82, 2.24) is 15.1 Å². The molecule has 1 aliphatic rings. The number of ether oxygens (including phenoxy) is 1. The molecule has 31 heavy (non-hydrogen) atoms. The Morgan fingerprint density at radius 1 is 1.00 bits per heavy atom. The van der Waals surface area contributed by atoms with E-state index < -0.39 is 0 Å². The first-order valence-electron chi connectivity index (χ1n) is 10.7. The van der Waals surface area contributed by atoms with Crippen LogP contribution < -0.4 is 9.64 Å². The van der Waals surface area contributed by atoms with Gasteiger partial charge in [0.15, 0.2) is 0 Å². The van der Waals surface area contributed by atoms with Crippen LogP contribution in [0.25, 0.3) is 11.5 Å². The summed E-state index contributed by atoms with van der Waals surface area (Å²) in [6.45, 7) is 5.26. The van der Waals surface area contributed by atoms with Gasteiger partial charge in [0, 0.05) is 50.3 Å². The van der Waals surface area contributed by atoms with E-state index in [4.69, 9.17) is 9.15 Å². The summed E-state index contributed by atoms with van der Waals surface area (Å²) in [5.41, 5.74) is 3.23. The van der Waals surface area contributed by atoms with Crippen LogP contribution in [0.4, 0.5) is 5.69 Å². The van der Waals surface area contributed by atoms with Crippen LogP contribution in [0.1, 0.15) is 24.3 Å². The smallest absolute Gasteiger partial charge is 0.247 e. The highest BCUT2D eigenvalue weighted by molar-refractivity contribution is 5.76. The molecule has 0 unspecified atom stereocenters. The number of carbonyl (C=O) groups is 1. The minimum absolute atomic E-state index is 0.131. The third-order valence-electron chi connectivity index (χ3n) is 5.60. The number of amides is 1. The molecule has 1 aromatic heterocycles. The lowest BCUT2D eigenvalue weighted by Gasteiger charge is -2.24. The van der Waals surface area contributed by atoms with Crippen LogP contribution >= 0.6 is 0 Å². The fraction of sp³-hybridized carbons (Fsp3) is 0.375. The molecule has 0 bridgehead atoms. The van der Waals surface area contributed by atoms with Gasteiger partial charge >= 0.3 is 0 Å². The third-order valence-corrected chi connectivity index (χ3v) is 5.60. The van der Waals surface area contributed by atoms with Gasteiger partial charge in [-0.15, -0.1) is 10.2 Å². The average molecular weight is 421 g/mol. The molecule has 2 aromatic carbocycles. The predicted molar refractivity (Wildman–Crippen MR) is 119 cm³/mol. The number of benzene rings is 2. The van der Waals surface area contributed by atoms with Crippen LogP contribution in [-0.4, -0.2) is 54.3 Å². The summed E-state index contributed by atoms with van der Waals surface area (Å²) in [5.74, 6) is 1.97. The number of aryl methyl sites for hydroxylation is 2. The number of aromatic nitrogens is 2. The second kappa shape index (κ2) is 9.64. The molecule has 162 valence electrons. The molecule has 1 amide bonds. The maximum Gasteiger partial charge on any atom is 0.247 e. The molecule has 7 heteroatoms. The zero-order valence-electron chi connectivity index (χ0n) is 18.1. The maximum atomic E-state index is 12.8. The molecule has 0 radical (unpaired) electrons. The van der Waals surface area contributed by atoms with Gasteiger partial charge < -0.3 is 19.0 Å². The molecule has 7 nitrogen and oxygen atoms in total. The van der Waals surface area contributed by atoms with Crippen LogP contribution in [0.15, 0.2) is 52.9 Å². The number of methoxy groups -OCH3 is 1. The number of anilines is 1. The summed E-state index contributed by atoms with van der Waals surface area (Å²) in [4.78, 5) is 17.0. The molecule has 0 aliphatic carbocycles. The summed E-state index contributed by atoms with van der Waals surface area (Å²) in [5, 5.41) is 8.23. The van der Waals surface area contributed by atoms with Gasteiger partial charge in [-0.1, -0.05) is 17.7 Å². The molecule has 2 heterocycles. The molecule has 1 aliphatic heterocycles. The number of hydrogen-bond acceptors (Lipinski definition) is 6. The molecular formula is C24H28N4O3. The Morgan fingerprint density at radius 3 is 2.52 bits per heavy atom. The zero-order valence-corrected chi connectivity index (χ0v) is 18.1. The van der Waals surface area contributed by atoms with Gasteiger partial charge in [-0.25, -0.2) is 0 Å². The minimum atomic E-state index is 0.131. The summed E-state index contributed by atoms with van der Waals surface area (Å²) >= 11 is 0. The number of hydrogen-bond donors (Lipinski definition) is 0. The predicted octanol–water partition coefficient (Wildman–Crippen LogP) is 3.73. The largest absolute Gasteiger partial charge is 0.497 e. The van der Waals surface area contributed by atoms with E-state index in [1.807, 2.05) is 48.2 Å². The molecule has 1 saturated heterocycles. The molecular weight excluding hydrogens is 392 g/mol. The first-order chi connectivity index (χ1) is 15.1. The first-order valence-corrected chi connectivity index (χ1v) is 10.7. The van der Waals surface area contributed by atoms with Crippen molar-refractivity contribution in [1.29, 1.82) is 0 Å². The lowest BCUT2D eigenvalue weighted by molar-refractivity contribution is -0.131. The Hall–Kier alpha value is -3.35. The Kier molecular flexibility index (Phi) is 6.50. The third kappa shape index (κ3) is 5.23. The van der Waals surface area contributed by atoms with E-state index in [2.05, 4.69) is 27.2 Å². The van der Waals surface area contributed by atoms with E-state index in [1.54, 1.807) is 7.11 Å². The number of nitrogens with zero attached hydrogens (tertiary/aromatic N) is 4. The normalized spacial score (nSPS) is 14.4. The van der Waals surface area contributed by atoms with Crippen molar-refractivity contribution in [2.75, 3.05) is 38.2 Å². The Balaban J connectivity index is 1.29. The Bertz CT molecular complexity index is 998. The van der Waals surface area contributed by atoms with Crippen molar-refractivity contribution in [3.8, 4) is 17.2 Å². The Labute approximate surface area is 182 Å². The first kappa shape index (κ1) is 20.9. The van der Waals surface area contributed by atoms with Crippen LogP contribution in [0.3, 0.4) is 0 Å². The van der Waals surface area contributed by atoms with Crippen molar-refractivity contribution >= 4 is 11.6 Å². The monoisotopic (exact) mass is 420 g/mol. The highest BCUT2D eigenvalue weighted by atomic mass is 16.5. The summed E-state index contributed by atoms with van der Waals surface area (Å²) in [6, 6.07) is 16.0. The van der Waals surface area contributed by atoms with Crippen LogP contribution in [-0.2, 0) is 11.2 Å². The van der Waals surface area contributed by atoms with Crippen molar-refractivity contribution in [2.45, 2.75) is 26.2 Å². The number of rotatable bonds is 6. The second-order valence-corrected chi connectivity index (χ2v) is 7.79. The maximum absolute atomic E-state index is 12.8. The molecule has 1 fully saturated rings. The van der Waals surface area contributed by atoms with Gasteiger partial charge in [0.25, 0.3) is 0 Å². The molecule has 3 aromatic rings. The van der Waals surface area contributed by atoms with E-state index >= 15 is 0 Å². The van der Waals surface area contributed by atoms with Crippen molar-refractivity contribution in [3.63, 3.8) is 0 Å². The molecule has 4 rings (SSSR count). The van der Waals surface area contributed by atoms with Gasteiger partial charge in [0.2, 0.25) is 17.7 Å². The number of carbonyl (C=O) groups excluding carboxylic acids is 1. The van der Waals surface area contributed by atoms with E-state index in [0.717, 1.165) is 43.1 Å². The Morgan fingerprint density at radius 2 is 1.77 bits per heavy atom. The van der Waals surface area contributed by atoms with Crippen LogP contribution in [0.5, 0.6) is 5.75 Å². The van der Waals surface area contributed by atoms with Gasteiger partial charge in [0.1, 0.15) is 5.75 Å². The standard InChI is InChI=1S/C24H28N4O3/c1-18-4-6-19(7-5-18)24-26-25-22(31-24)12-13-23(29)28-15-3-14-27(16-17-28)20-8-10-21(30-2)11-9-20/h4-11H,3,12-17H2,1-2H3. The second-order valence-electron chi connectivity index (χ2n) is 7.79. The van der Waals surface area contributed by atoms with E-state index in [9.17, 15) is 4.79 Å². The summed E-state index contributed by atoms with van der Waals surface area (Å²) in [6.07, 6.45) is 1.77. The van der Waals surface area contributed by atoms with Gasteiger partial charge in [-0.05, 0) is 49.7 Å². The van der Waals surface area contributed by atoms with E-state index in [1.165, 1.54) is 5.56 Å². The van der Waals surface area contributed by atoms with Crippen molar-refractivity contribution < 1.29 is 13.9 Å². The molecule has 0 spiro atoms. The molecule has 0 saturated carbocycles. The zero-order chi connectivity index (χ0) is 21.6. The fourth-order valence-electron chi connectivity index (χ4n) is 3.76.